The zero-order valence-electron chi connectivity index (χ0n) is 14.7. The molecule has 0 amide bonds. The van der Waals surface area contributed by atoms with Gasteiger partial charge in [-0.25, -0.2) is 18.4 Å². The summed E-state index contributed by atoms with van der Waals surface area (Å²) in [5.41, 5.74) is -2.42. The molecule has 1 aromatic carbocycles. The predicted molar refractivity (Wildman–Crippen MR) is 88.8 cm³/mol. The number of aliphatic hydroxyl groups is 1. The van der Waals surface area contributed by atoms with Crippen LogP contribution in [0.3, 0.4) is 0 Å². The Morgan fingerprint density at radius 3 is 2.64 bits per heavy atom. The van der Waals surface area contributed by atoms with E-state index in [-0.39, 0.29) is 12.1 Å². The van der Waals surface area contributed by atoms with Crippen molar-refractivity contribution in [2.75, 3.05) is 6.61 Å². The first-order chi connectivity index (χ1) is 11.7. The summed E-state index contributed by atoms with van der Waals surface area (Å²) >= 11 is 0. The zero-order chi connectivity index (χ0) is 18.7. The van der Waals surface area contributed by atoms with Crippen LogP contribution in [0.25, 0.3) is 0 Å². The van der Waals surface area contributed by atoms with Crippen molar-refractivity contribution >= 4 is 5.71 Å². The van der Waals surface area contributed by atoms with E-state index >= 15 is 0 Å². The highest BCUT2D eigenvalue weighted by Crippen LogP contribution is 2.43. The van der Waals surface area contributed by atoms with E-state index in [4.69, 9.17) is 4.84 Å². The smallest absolute Gasteiger partial charge is 0.137 e. The molecule has 0 aliphatic carbocycles. The van der Waals surface area contributed by atoms with Gasteiger partial charge in [0.15, 0.2) is 0 Å². The van der Waals surface area contributed by atoms with Gasteiger partial charge in [0.05, 0.1) is 12.3 Å². The SMILES string of the molecule is CCON=C(C)C(C)(C)C(O)(Cn1cncn1)c1ccc(F)cc1F. The third-order valence-corrected chi connectivity index (χ3v) is 4.50. The van der Waals surface area contributed by atoms with E-state index in [1.54, 1.807) is 27.7 Å². The largest absolute Gasteiger partial charge is 0.396 e. The minimum atomic E-state index is -1.77. The first kappa shape index (κ1) is 19.0. The Morgan fingerprint density at radius 2 is 2.08 bits per heavy atom. The second-order valence-corrected chi connectivity index (χ2v) is 6.30. The van der Waals surface area contributed by atoms with Crippen LogP contribution in [0.1, 0.15) is 33.3 Å². The van der Waals surface area contributed by atoms with Crippen LogP contribution in [-0.2, 0) is 17.0 Å². The minimum absolute atomic E-state index is 0.0551. The van der Waals surface area contributed by atoms with Crippen molar-refractivity contribution < 1.29 is 18.7 Å². The Hall–Kier alpha value is -2.35. The third-order valence-electron chi connectivity index (χ3n) is 4.50. The Labute approximate surface area is 145 Å². The number of hydrogen-bond acceptors (Lipinski definition) is 5. The number of oxime groups is 1. The van der Waals surface area contributed by atoms with E-state index in [2.05, 4.69) is 15.2 Å². The zero-order valence-corrected chi connectivity index (χ0v) is 14.7. The molecule has 6 nitrogen and oxygen atoms in total. The summed E-state index contributed by atoms with van der Waals surface area (Å²) in [6.07, 6.45) is 2.73. The molecule has 1 unspecified atom stereocenters. The first-order valence-corrected chi connectivity index (χ1v) is 7.89. The first-order valence-electron chi connectivity index (χ1n) is 7.89. The van der Waals surface area contributed by atoms with Crippen molar-refractivity contribution in [2.24, 2.45) is 10.6 Å². The van der Waals surface area contributed by atoms with Crippen LogP contribution < -0.4 is 0 Å². The van der Waals surface area contributed by atoms with Crippen LogP contribution in [0, 0.1) is 17.0 Å². The molecule has 8 heteroatoms. The van der Waals surface area contributed by atoms with Crippen LogP contribution in [0.2, 0.25) is 0 Å². The fourth-order valence-electron chi connectivity index (χ4n) is 2.57. The molecule has 0 bridgehead atoms. The van der Waals surface area contributed by atoms with E-state index in [0.29, 0.717) is 12.3 Å². The average Bonchev–Trinajstić information content (AvgIpc) is 3.04. The van der Waals surface area contributed by atoms with Crippen molar-refractivity contribution in [3.05, 3.63) is 48.1 Å². The number of benzene rings is 1. The Kier molecular flexibility index (Phi) is 5.52. The van der Waals surface area contributed by atoms with Gasteiger partial charge < -0.3 is 9.94 Å². The molecule has 0 spiro atoms. The lowest BCUT2D eigenvalue weighted by Gasteiger charge is -2.42. The number of hydrogen-bond donors (Lipinski definition) is 1. The summed E-state index contributed by atoms with van der Waals surface area (Å²) < 4.78 is 29.2. The normalized spacial score (nSPS) is 15.1. The summed E-state index contributed by atoms with van der Waals surface area (Å²) in [6, 6.07) is 3.08. The summed E-state index contributed by atoms with van der Waals surface area (Å²) in [7, 11) is 0. The lowest BCUT2D eigenvalue weighted by molar-refractivity contribution is -0.0607. The Bertz CT molecular complexity index is 747. The van der Waals surface area contributed by atoms with Gasteiger partial charge in [-0.1, -0.05) is 25.1 Å². The highest BCUT2D eigenvalue weighted by Gasteiger charge is 2.49. The van der Waals surface area contributed by atoms with Crippen molar-refractivity contribution in [2.45, 2.75) is 39.8 Å². The van der Waals surface area contributed by atoms with E-state index < -0.39 is 22.7 Å². The highest BCUT2D eigenvalue weighted by molar-refractivity contribution is 5.88. The molecule has 0 saturated carbocycles. The van der Waals surface area contributed by atoms with Gasteiger partial charge in [-0.05, 0) is 19.9 Å². The monoisotopic (exact) mass is 352 g/mol. The topological polar surface area (TPSA) is 72.5 Å². The lowest BCUT2D eigenvalue weighted by Crippen LogP contribution is -2.50. The maximum atomic E-state index is 14.5. The summed E-state index contributed by atoms with van der Waals surface area (Å²) in [5, 5.41) is 19.5. The van der Waals surface area contributed by atoms with Crippen molar-refractivity contribution in [1.29, 1.82) is 0 Å². The van der Waals surface area contributed by atoms with Gasteiger partial charge in [-0.15, -0.1) is 0 Å². The lowest BCUT2D eigenvalue weighted by atomic mass is 9.68. The molecule has 136 valence electrons. The minimum Gasteiger partial charge on any atom is -0.396 e. The van der Waals surface area contributed by atoms with Crippen LogP contribution >= 0.6 is 0 Å². The van der Waals surface area contributed by atoms with Crippen LogP contribution in [-0.4, -0.2) is 32.2 Å². The molecule has 1 aromatic heterocycles. The van der Waals surface area contributed by atoms with Crippen LogP contribution in [0.5, 0.6) is 0 Å². The molecular formula is C17H22F2N4O2. The van der Waals surface area contributed by atoms with Crippen LogP contribution in [0.4, 0.5) is 8.78 Å². The average molecular weight is 352 g/mol. The molecule has 0 saturated heterocycles. The Balaban J connectivity index is 2.59. The molecule has 1 atom stereocenters. The fourth-order valence-corrected chi connectivity index (χ4v) is 2.57. The van der Waals surface area contributed by atoms with E-state index in [1.165, 1.54) is 23.4 Å². The third kappa shape index (κ3) is 3.68. The van der Waals surface area contributed by atoms with Gasteiger partial charge in [0.2, 0.25) is 0 Å². The van der Waals surface area contributed by atoms with E-state index in [0.717, 1.165) is 12.1 Å². The highest BCUT2D eigenvalue weighted by atomic mass is 19.1. The van der Waals surface area contributed by atoms with Gasteiger partial charge in [-0.3, -0.25) is 0 Å². The quantitative estimate of drug-likeness (QED) is 0.614. The number of rotatable bonds is 7. The standard InChI is InChI=1S/C17H22F2N4O2/c1-5-25-22-12(2)16(3,4)17(24,9-23-11-20-10-21-23)14-7-6-13(18)8-15(14)19/h6-8,10-11,24H,5,9H2,1-4H3. The number of nitrogens with zero attached hydrogens (tertiary/aromatic N) is 4. The van der Waals surface area contributed by atoms with Gasteiger partial charge in [0.25, 0.3) is 0 Å². The second kappa shape index (κ2) is 7.26. The molecule has 0 aliphatic heterocycles. The summed E-state index contributed by atoms with van der Waals surface area (Å²) in [6.45, 7) is 7.16. The summed E-state index contributed by atoms with van der Waals surface area (Å²) in [4.78, 5) is 8.93. The van der Waals surface area contributed by atoms with Gasteiger partial charge in [0.1, 0.15) is 36.5 Å². The van der Waals surface area contributed by atoms with Crippen LogP contribution in [0.15, 0.2) is 36.0 Å². The molecule has 1 heterocycles. The summed E-state index contributed by atoms with van der Waals surface area (Å²) in [5.74, 6) is -1.57. The van der Waals surface area contributed by atoms with Crippen molar-refractivity contribution in [3.8, 4) is 0 Å². The van der Waals surface area contributed by atoms with Gasteiger partial charge in [-0.2, -0.15) is 5.10 Å². The van der Waals surface area contributed by atoms with Gasteiger partial charge in [0, 0.05) is 17.0 Å². The molecule has 25 heavy (non-hydrogen) atoms. The van der Waals surface area contributed by atoms with E-state index in [1.807, 2.05) is 0 Å². The maximum absolute atomic E-state index is 14.5. The molecule has 2 rings (SSSR count). The second-order valence-electron chi connectivity index (χ2n) is 6.30. The Morgan fingerprint density at radius 1 is 1.36 bits per heavy atom. The molecule has 0 fully saturated rings. The number of aromatic nitrogens is 3. The predicted octanol–water partition coefficient (Wildman–Crippen LogP) is 2.88. The van der Waals surface area contributed by atoms with Gasteiger partial charge >= 0.3 is 0 Å². The van der Waals surface area contributed by atoms with Crippen molar-refractivity contribution in [1.82, 2.24) is 14.8 Å². The molecule has 1 N–H and O–H groups in total. The van der Waals surface area contributed by atoms with E-state index in [9.17, 15) is 13.9 Å². The molecule has 0 aliphatic rings. The maximum Gasteiger partial charge on any atom is 0.137 e. The molecular weight excluding hydrogens is 330 g/mol. The molecule has 0 radical (unpaired) electrons. The van der Waals surface area contributed by atoms with Crippen molar-refractivity contribution in [3.63, 3.8) is 0 Å². The number of halogens is 2. The molecule has 2 aromatic rings. The fraction of sp³-hybridized carbons (Fsp3) is 0.471.